The molecule has 0 fully saturated rings. The Balaban J connectivity index is -0.000000867. The fourth-order valence-corrected chi connectivity index (χ4v) is 2.37. The molecule has 0 unspecified atom stereocenters. The summed E-state index contributed by atoms with van der Waals surface area (Å²) in [4.78, 5) is 18.9. The zero-order chi connectivity index (χ0) is 18.5. The maximum Gasteiger partial charge on any atom is 2.00 e. The molecule has 2 N–H and O–H groups in total. The van der Waals surface area contributed by atoms with Crippen molar-refractivity contribution in [1.82, 2.24) is 0 Å². The van der Waals surface area contributed by atoms with Crippen LogP contribution in [-0.2, 0) is 4.79 Å². The first-order valence-corrected chi connectivity index (χ1v) is 9.32. The van der Waals surface area contributed by atoms with E-state index in [9.17, 15) is 4.79 Å². The zero-order valence-corrected chi connectivity index (χ0v) is 18.2. The average Bonchev–Trinajstić information content (AvgIpc) is 2.50. The molecule has 0 aromatic rings. The quantitative estimate of drug-likeness (QED) is 0.267. The minimum Gasteiger partial charge on any atom is -0.652 e. The van der Waals surface area contributed by atoms with Gasteiger partial charge in [-0.15, -0.1) is 0 Å². The molecule has 0 radical (unpaired) electrons. The molecule has 25 heavy (non-hydrogen) atoms. The van der Waals surface area contributed by atoms with E-state index in [2.05, 4.69) is 19.1 Å². The van der Waals surface area contributed by atoms with Crippen molar-refractivity contribution >= 4 is 49.8 Å². The molecule has 6 heteroatoms. The Kier molecular flexibility index (Phi) is 30.7. The van der Waals surface area contributed by atoms with Gasteiger partial charge in [-0.3, -0.25) is 4.79 Å². The molecular formula is C19H35CaNO4. The summed E-state index contributed by atoms with van der Waals surface area (Å²) in [5.74, 6) is -0.164. The van der Waals surface area contributed by atoms with Crippen molar-refractivity contribution < 1.29 is 19.8 Å². The molecule has 0 saturated heterocycles. The second-order valence-corrected chi connectivity index (χ2v) is 6.05. The van der Waals surface area contributed by atoms with E-state index in [1.54, 1.807) is 0 Å². The van der Waals surface area contributed by atoms with Crippen molar-refractivity contribution in [2.45, 2.75) is 96.8 Å². The van der Waals surface area contributed by atoms with Crippen LogP contribution in [0.3, 0.4) is 0 Å². The van der Waals surface area contributed by atoms with Gasteiger partial charge in [0.2, 0.25) is 5.91 Å². The summed E-state index contributed by atoms with van der Waals surface area (Å²) in [5.41, 5.74) is 5.10. The Morgan fingerprint density at radius 1 is 0.760 bits per heavy atom. The number of carbonyl (C=O) groups is 2. The molecule has 0 heterocycles. The van der Waals surface area contributed by atoms with Crippen LogP contribution in [0.2, 0.25) is 0 Å². The van der Waals surface area contributed by atoms with Crippen LogP contribution >= 0.6 is 0 Å². The van der Waals surface area contributed by atoms with Gasteiger partial charge >= 0.3 is 37.7 Å². The third-order valence-electron chi connectivity index (χ3n) is 3.68. The number of nitrogens with two attached hydrogens (primary N) is 1. The predicted octanol–water partition coefficient (Wildman–Crippen LogP) is 2.68. The van der Waals surface area contributed by atoms with Gasteiger partial charge in [0.05, 0.1) is 0 Å². The first-order valence-electron chi connectivity index (χ1n) is 9.32. The van der Waals surface area contributed by atoms with Gasteiger partial charge in [0.1, 0.15) is 0 Å². The van der Waals surface area contributed by atoms with Gasteiger partial charge in [-0.2, -0.15) is 0 Å². The molecule has 0 saturated carbocycles. The fraction of sp³-hybridized carbons (Fsp3) is 0.789. The van der Waals surface area contributed by atoms with Crippen LogP contribution in [0.15, 0.2) is 12.2 Å². The van der Waals surface area contributed by atoms with E-state index in [1.165, 1.54) is 70.6 Å². The Morgan fingerprint density at radius 3 is 1.52 bits per heavy atom. The summed E-state index contributed by atoms with van der Waals surface area (Å²) < 4.78 is 0. The van der Waals surface area contributed by atoms with Crippen LogP contribution in [0, 0.1) is 0 Å². The van der Waals surface area contributed by atoms with E-state index in [-0.39, 0.29) is 43.6 Å². The Hall–Kier alpha value is -0.260. The molecule has 0 aromatic heterocycles. The molecule has 0 spiro atoms. The molecule has 0 rings (SSSR count). The second kappa shape index (κ2) is 26.0. The van der Waals surface area contributed by atoms with E-state index in [0.717, 1.165) is 12.8 Å². The maximum atomic E-state index is 10.5. The van der Waals surface area contributed by atoms with Gasteiger partial charge in [-0.25, -0.2) is 0 Å². The minimum atomic E-state index is -2.33. The standard InChI is InChI=1S/C18H35NO.CH2O3.Ca/c1-2-3-4-5-6-7-8-9-10-11-12-13-14-15-16-17-18(19)20;2-1(3)4;/h9-10H,2-8,11-17H2,1H3,(H2,19,20);(H2,2,3,4);/q;;+2/p-2/b10-9-;;. The molecule has 1 amide bonds. The number of rotatable bonds is 15. The van der Waals surface area contributed by atoms with Crippen molar-refractivity contribution in [3.8, 4) is 0 Å². The summed E-state index contributed by atoms with van der Waals surface area (Å²) >= 11 is 0. The molecular weight excluding hydrogens is 346 g/mol. The molecule has 0 atom stereocenters. The summed E-state index contributed by atoms with van der Waals surface area (Å²) in [6.07, 6.45) is 19.6. The summed E-state index contributed by atoms with van der Waals surface area (Å²) in [5, 5.41) is 16.7. The van der Waals surface area contributed by atoms with Gasteiger partial charge in [0, 0.05) is 6.42 Å². The van der Waals surface area contributed by atoms with E-state index < -0.39 is 6.16 Å². The van der Waals surface area contributed by atoms with Gasteiger partial charge in [-0.1, -0.05) is 70.4 Å². The van der Waals surface area contributed by atoms with Crippen molar-refractivity contribution in [2.24, 2.45) is 5.73 Å². The van der Waals surface area contributed by atoms with Gasteiger partial charge < -0.3 is 20.7 Å². The normalized spacial score (nSPS) is 9.96. The number of hydrogen-bond donors (Lipinski definition) is 1. The largest absolute Gasteiger partial charge is 2.00 e. The van der Waals surface area contributed by atoms with Crippen LogP contribution in [0.1, 0.15) is 96.8 Å². The predicted molar refractivity (Wildman–Crippen MR) is 99.8 cm³/mol. The molecule has 0 aliphatic heterocycles. The first-order chi connectivity index (χ1) is 11.5. The number of unbranched alkanes of at least 4 members (excludes halogenated alkanes) is 11. The second-order valence-electron chi connectivity index (χ2n) is 6.05. The van der Waals surface area contributed by atoms with Crippen LogP contribution in [0.5, 0.6) is 0 Å². The Bertz CT molecular complexity index is 319. The number of hydrogen-bond acceptors (Lipinski definition) is 4. The van der Waals surface area contributed by atoms with Crippen LogP contribution in [0.4, 0.5) is 4.79 Å². The number of carbonyl (C=O) groups excluding carboxylic acids is 2. The van der Waals surface area contributed by atoms with Crippen molar-refractivity contribution in [3.05, 3.63) is 12.2 Å². The van der Waals surface area contributed by atoms with Crippen molar-refractivity contribution in [3.63, 3.8) is 0 Å². The third kappa shape index (κ3) is 40.0. The van der Waals surface area contributed by atoms with Gasteiger partial charge in [-0.05, 0) is 38.3 Å². The summed E-state index contributed by atoms with van der Waals surface area (Å²) in [7, 11) is 0. The van der Waals surface area contributed by atoms with Gasteiger partial charge in [0.15, 0.2) is 0 Å². The molecule has 5 nitrogen and oxygen atoms in total. The zero-order valence-electron chi connectivity index (χ0n) is 16.0. The summed E-state index contributed by atoms with van der Waals surface area (Å²) in [6.45, 7) is 2.26. The smallest absolute Gasteiger partial charge is 0.652 e. The van der Waals surface area contributed by atoms with Crippen molar-refractivity contribution in [2.75, 3.05) is 0 Å². The third-order valence-corrected chi connectivity index (χ3v) is 3.68. The van der Waals surface area contributed by atoms with Gasteiger partial charge in [0.25, 0.3) is 0 Å². The number of carboxylic acid groups (broad SMARTS) is 2. The Morgan fingerprint density at radius 2 is 1.12 bits per heavy atom. The van der Waals surface area contributed by atoms with E-state index >= 15 is 0 Å². The van der Waals surface area contributed by atoms with Crippen LogP contribution in [0.25, 0.3) is 0 Å². The molecule has 0 aliphatic rings. The fourth-order valence-electron chi connectivity index (χ4n) is 2.37. The number of amides is 1. The molecule has 0 aliphatic carbocycles. The topological polar surface area (TPSA) is 106 Å². The maximum absolute atomic E-state index is 10.5. The van der Waals surface area contributed by atoms with Crippen LogP contribution < -0.4 is 15.9 Å². The van der Waals surface area contributed by atoms with E-state index in [4.69, 9.17) is 20.7 Å². The summed E-state index contributed by atoms with van der Waals surface area (Å²) in [6, 6.07) is 0. The molecule has 142 valence electrons. The van der Waals surface area contributed by atoms with Crippen LogP contribution in [-0.4, -0.2) is 49.8 Å². The first kappa shape index (κ1) is 29.5. The monoisotopic (exact) mass is 381 g/mol. The molecule has 0 aromatic carbocycles. The minimum absolute atomic E-state index is 0. The average molecular weight is 382 g/mol. The number of allylic oxidation sites excluding steroid dienone is 2. The number of primary amides is 1. The Labute approximate surface area is 183 Å². The molecule has 0 bridgehead atoms. The SMILES string of the molecule is CCCCCCCC/C=C\CCCCCCCC(N)=O.O=C([O-])[O-].[Ca+2]. The van der Waals surface area contributed by atoms with Crippen molar-refractivity contribution in [1.29, 1.82) is 0 Å². The van der Waals surface area contributed by atoms with E-state index in [1.807, 2.05) is 0 Å². The van der Waals surface area contributed by atoms with E-state index in [0.29, 0.717) is 6.42 Å².